The number of methoxy groups -OCH3 is 1. The average molecular weight is 292 g/mol. The molecule has 0 atom stereocenters. The number of rotatable bonds is 3. The van der Waals surface area contributed by atoms with Crippen molar-refractivity contribution in [1.29, 1.82) is 0 Å². The van der Waals surface area contributed by atoms with E-state index in [-0.39, 0.29) is 5.97 Å². The van der Waals surface area contributed by atoms with Gasteiger partial charge in [-0.1, -0.05) is 18.2 Å². The van der Waals surface area contributed by atoms with E-state index in [0.717, 1.165) is 27.7 Å². The van der Waals surface area contributed by atoms with Crippen molar-refractivity contribution in [2.24, 2.45) is 0 Å². The molecular weight excluding hydrogens is 276 g/mol. The second-order valence-corrected chi connectivity index (χ2v) is 5.16. The second-order valence-electron chi connectivity index (χ2n) is 5.16. The second kappa shape index (κ2) is 5.93. The molecule has 0 unspecified atom stereocenters. The summed E-state index contributed by atoms with van der Waals surface area (Å²) in [5.74, 6) is -0.344. The molecular formula is C18H16N2O2. The van der Waals surface area contributed by atoms with Gasteiger partial charge >= 0.3 is 5.97 Å². The van der Waals surface area contributed by atoms with Gasteiger partial charge in [-0.25, -0.2) is 4.79 Å². The fraction of sp³-hybridized carbons (Fsp3) is 0.167. The van der Waals surface area contributed by atoms with E-state index >= 15 is 0 Å². The van der Waals surface area contributed by atoms with Gasteiger partial charge in [-0.2, -0.15) is 0 Å². The van der Waals surface area contributed by atoms with Crippen LogP contribution in [0.5, 0.6) is 0 Å². The Morgan fingerprint density at radius 2 is 1.91 bits per heavy atom. The lowest BCUT2D eigenvalue weighted by Gasteiger charge is -2.06. The number of nitrogens with zero attached hydrogens (tertiary/aromatic N) is 2. The molecule has 3 rings (SSSR count). The molecule has 0 saturated carbocycles. The summed E-state index contributed by atoms with van der Waals surface area (Å²) < 4.78 is 4.74. The van der Waals surface area contributed by atoms with Crippen LogP contribution in [-0.2, 0) is 11.2 Å². The third-order valence-electron chi connectivity index (χ3n) is 3.65. The fourth-order valence-corrected chi connectivity index (χ4v) is 2.52. The number of hydrogen-bond acceptors (Lipinski definition) is 4. The fourth-order valence-electron chi connectivity index (χ4n) is 2.52. The lowest BCUT2D eigenvalue weighted by Crippen LogP contribution is -2.03. The molecule has 0 fully saturated rings. The van der Waals surface area contributed by atoms with Crippen LogP contribution in [0.4, 0.5) is 0 Å². The Morgan fingerprint density at radius 1 is 1.09 bits per heavy atom. The van der Waals surface area contributed by atoms with Gasteiger partial charge in [0, 0.05) is 35.6 Å². The zero-order valence-electron chi connectivity index (χ0n) is 12.5. The van der Waals surface area contributed by atoms with E-state index in [1.165, 1.54) is 7.11 Å². The Bertz CT molecular complexity index is 843. The summed E-state index contributed by atoms with van der Waals surface area (Å²) in [4.78, 5) is 20.2. The molecule has 0 spiro atoms. The maximum absolute atomic E-state index is 11.6. The first-order valence-corrected chi connectivity index (χ1v) is 7.05. The highest BCUT2D eigenvalue weighted by molar-refractivity contribution is 5.89. The summed E-state index contributed by atoms with van der Waals surface area (Å²) in [6, 6.07) is 11.7. The summed E-state index contributed by atoms with van der Waals surface area (Å²) >= 11 is 0. The van der Waals surface area contributed by atoms with E-state index in [0.29, 0.717) is 12.0 Å². The van der Waals surface area contributed by atoms with Crippen molar-refractivity contribution < 1.29 is 9.53 Å². The molecule has 0 amide bonds. The monoisotopic (exact) mass is 292 g/mol. The smallest absolute Gasteiger partial charge is 0.337 e. The summed E-state index contributed by atoms with van der Waals surface area (Å²) in [7, 11) is 1.38. The van der Waals surface area contributed by atoms with Crippen molar-refractivity contribution >= 4 is 16.7 Å². The predicted octanol–water partition coefficient (Wildman–Crippen LogP) is 3.32. The van der Waals surface area contributed by atoms with Crippen molar-refractivity contribution in [3.63, 3.8) is 0 Å². The van der Waals surface area contributed by atoms with Crippen LogP contribution in [0.15, 0.2) is 48.8 Å². The van der Waals surface area contributed by atoms with E-state index in [2.05, 4.69) is 28.2 Å². The Balaban J connectivity index is 1.91. The minimum Gasteiger partial charge on any atom is -0.465 e. The minimum absolute atomic E-state index is 0.344. The van der Waals surface area contributed by atoms with Gasteiger partial charge in [0.15, 0.2) is 0 Å². The lowest BCUT2D eigenvalue weighted by molar-refractivity contribution is 0.0600. The van der Waals surface area contributed by atoms with Gasteiger partial charge in [0.05, 0.1) is 12.7 Å². The first-order valence-electron chi connectivity index (χ1n) is 7.05. The Hall–Kier alpha value is -2.75. The number of ether oxygens (including phenoxy) is 1. The number of benzene rings is 1. The van der Waals surface area contributed by atoms with Gasteiger partial charge in [-0.05, 0) is 36.1 Å². The molecule has 1 aromatic carbocycles. The van der Waals surface area contributed by atoms with Crippen LogP contribution in [-0.4, -0.2) is 23.0 Å². The first-order chi connectivity index (χ1) is 10.7. The quantitative estimate of drug-likeness (QED) is 0.695. The molecule has 0 N–H and O–H groups in total. The number of hydrogen-bond donors (Lipinski definition) is 0. The third-order valence-corrected chi connectivity index (χ3v) is 3.65. The van der Waals surface area contributed by atoms with E-state index in [4.69, 9.17) is 4.74 Å². The van der Waals surface area contributed by atoms with E-state index in [9.17, 15) is 4.79 Å². The largest absolute Gasteiger partial charge is 0.465 e. The maximum Gasteiger partial charge on any atom is 0.337 e. The molecule has 0 aliphatic carbocycles. The van der Waals surface area contributed by atoms with Crippen molar-refractivity contribution in [3.05, 3.63) is 71.3 Å². The van der Waals surface area contributed by atoms with E-state index in [1.54, 1.807) is 18.3 Å². The number of carbonyl (C=O) groups excluding carboxylic acids is 1. The summed E-state index contributed by atoms with van der Waals surface area (Å²) in [6.45, 7) is 2.00. The average Bonchev–Trinajstić information content (AvgIpc) is 2.54. The van der Waals surface area contributed by atoms with Crippen molar-refractivity contribution in [3.8, 4) is 0 Å². The van der Waals surface area contributed by atoms with Crippen LogP contribution in [0.1, 0.15) is 27.3 Å². The standard InChI is InChI=1S/C18H16N2O2/c1-12-17-4-3-13(9-14(17)5-7-19-12)10-16-11-15(6-8-20-16)18(21)22-2/h3-9,11H,10H2,1-2H3. The zero-order valence-corrected chi connectivity index (χ0v) is 12.5. The number of esters is 1. The Morgan fingerprint density at radius 3 is 2.73 bits per heavy atom. The van der Waals surface area contributed by atoms with Crippen LogP contribution >= 0.6 is 0 Å². The number of pyridine rings is 2. The normalized spacial score (nSPS) is 10.6. The molecule has 2 heterocycles. The third kappa shape index (κ3) is 2.81. The van der Waals surface area contributed by atoms with Crippen molar-refractivity contribution in [1.82, 2.24) is 9.97 Å². The summed E-state index contributed by atoms with van der Waals surface area (Å²) in [5, 5.41) is 2.32. The predicted molar refractivity (Wildman–Crippen MR) is 84.9 cm³/mol. The number of carbonyl (C=O) groups is 1. The molecule has 110 valence electrons. The van der Waals surface area contributed by atoms with Gasteiger partial charge in [0.1, 0.15) is 0 Å². The van der Waals surface area contributed by atoms with Crippen LogP contribution < -0.4 is 0 Å². The highest BCUT2D eigenvalue weighted by Crippen LogP contribution is 2.19. The minimum atomic E-state index is -0.344. The van der Waals surface area contributed by atoms with Crippen LogP contribution in [0.2, 0.25) is 0 Å². The van der Waals surface area contributed by atoms with Gasteiger partial charge in [-0.3, -0.25) is 9.97 Å². The molecule has 22 heavy (non-hydrogen) atoms. The number of aromatic nitrogens is 2. The molecule has 4 heteroatoms. The summed E-state index contributed by atoms with van der Waals surface area (Å²) in [6.07, 6.45) is 4.12. The highest BCUT2D eigenvalue weighted by atomic mass is 16.5. The zero-order chi connectivity index (χ0) is 15.5. The molecule has 0 saturated heterocycles. The molecule has 0 bridgehead atoms. The van der Waals surface area contributed by atoms with Crippen molar-refractivity contribution in [2.45, 2.75) is 13.3 Å². The molecule has 3 aromatic rings. The van der Waals surface area contributed by atoms with Crippen LogP contribution in [0.25, 0.3) is 10.8 Å². The lowest BCUT2D eigenvalue weighted by atomic mass is 10.0. The van der Waals surface area contributed by atoms with Gasteiger partial charge in [0.25, 0.3) is 0 Å². The Kier molecular flexibility index (Phi) is 3.83. The van der Waals surface area contributed by atoms with Gasteiger partial charge < -0.3 is 4.74 Å². The molecule has 0 aliphatic rings. The topological polar surface area (TPSA) is 52.1 Å². The highest BCUT2D eigenvalue weighted by Gasteiger charge is 2.07. The van der Waals surface area contributed by atoms with Gasteiger partial charge in [0.2, 0.25) is 0 Å². The van der Waals surface area contributed by atoms with E-state index < -0.39 is 0 Å². The van der Waals surface area contributed by atoms with Gasteiger partial charge in [-0.15, -0.1) is 0 Å². The molecule has 0 aliphatic heterocycles. The molecule has 4 nitrogen and oxygen atoms in total. The van der Waals surface area contributed by atoms with E-state index in [1.807, 2.05) is 19.2 Å². The number of aryl methyl sites for hydroxylation is 1. The summed E-state index contributed by atoms with van der Waals surface area (Å²) in [5.41, 5.74) is 3.53. The SMILES string of the molecule is COC(=O)c1ccnc(Cc2ccc3c(C)nccc3c2)c1. The van der Waals surface area contributed by atoms with Crippen molar-refractivity contribution in [2.75, 3.05) is 7.11 Å². The maximum atomic E-state index is 11.6. The molecule has 0 radical (unpaired) electrons. The molecule has 2 aromatic heterocycles. The Labute approximate surface area is 128 Å². The van der Waals surface area contributed by atoms with Crippen LogP contribution in [0.3, 0.4) is 0 Å². The van der Waals surface area contributed by atoms with Crippen LogP contribution in [0, 0.1) is 6.92 Å². The number of fused-ring (bicyclic) bond motifs is 1. The first kappa shape index (κ1) is 14.2.